The van der Waals surface area contributed by atoms with E-state index in [1.165, 1.54) is 17.8 Å². The number of aromatic nitrogens is 1. The second kappa shape index (κ2) is 9.40. The Morgan fingerprint density at radius 1 is 1.17 bits per heavy atom. The number of fused-ring (bicyclic) bond motifs is 1. The van der Waals surface area contributed by atoms with Crippen molar-refractivity contribution >= 4 is 63.0 Å². The topological polar surface area (TPSA) is 111 Å². The van der Waals surface area contributed by atoms with Crippen LogP contribution in [0.4, 0.5) is 11.4 Å². The van der Waals surface area contributed by atoms with Crippen LogP contribution in [0.5, 0.6) is 0 Å². The van der Waals surface area contributed by atoms with Gasteiger partial charge in [-0.1, -0.05) is 18.2 Å². The van der Waals surface area contributed by atoms with Crippen molar-refractivity contribution in [2.45, 2.75) is 23.8 Å². The summed E-state index contributed by atoms with van der Waals surface area (Å²) < 4.78 is 5.92. The predicted octanol–water partition coefficient (Wildman–Crippen LogP) is 6.40. The maximum Gasteiger partial charge on any atom is 0.274 e. The number of carbonyl (C=O) groups excluding carboxylic acids is 1. The molecule has 174 valence electrons. The number of aryl methyl sites for hydroxylation is 1. The Labute approximate surface area is 208 Å². The van der Waals surface area contributed by atoms with Crippen LogP contribution in [0, 0.1) is 24.0 Å². The van der Waals surface area contributed by atoms with Crippen molar-refractivity contribution in [2.75, 3.05) is 0 Å². The molecule has 1 saturated heterocycles. The largest absolute Gasteiger partial charge is 0.450 e. The lowest BCUT2D eigenvalue weighted by Gasteiger charge is -2.04. The Kier molecular flexibility index (Phi) is 6.14. The zero-order valence-electron chi connectivity index (χ0n) is 18.6. The van der Waals surface area contributed by atoms with E-state index < -0.39 is 4.92 Å². The summed E-state index contributed by atoms with van der Waals surface area (Å²) in [6, 6.07) is 16.7. The number of nitro groups is 1. The number of hydrogen-bond donors (Lipinski definition) is 1. The van der Waals surface area contributed by atoms with Crippen molar-refractivity contribution in [3.63, 3.8) is 0 Å². The van der Waals surface area contributed by atoms with E-state index in [4.69, 9.17) is 4.42 Å². The van der Waals surface area contributed by atoms with Crippen molar-refractivity contribution in [1.82, 2.24) is 10.3 Å². The van der Waals surface area contributed by atoms with Crippen LogP contribution in [0.1, 0.15) is 16.9 Å². The summed E-state index contributed by atoms with van der Waals surface area (Å²) in [5.41, 5.74) is 2.65. The minimum atomic E-state index is -0.432. The first kappa shape index (κ1) is 22.9. The molecule has 8 nitrogen and oxygen atoms in total. The molecular formula is C25H18N4O4S2. The number of rotatable bonds is 5. The maximum absolute atomic E-state index is 12.5. The molecule has 3 heterocycles. The molecule has 35 heavy (non-hydrogen) atoms. The molecular weight excluding hydrogens is 484 g/mol. The smallest absolute Gasteiger partial charge is 0.274 e. The van der Waals surface area contributed by atoms with Crippen molar-refractivity contribution in [2.24, 2.45) is 4.99 Å². The average molecular weight is 503 g/mol. The van der Waals surface area contributed by atoms with Gasteiger partial charge in [-0.05, 0) is 73.3 Å². The molecule has 5 rings (SSSR count). The predicted molar refractivity (Wildman–Crippen MR) is 138 cm³/mol. The molecule has 0 radical (unpaired) electrons. The van der Waals surface area contributed by atoms with E-state index in [1.54, 1.807) is 38.3 Å². The average Bonchev–Trinajstić information content (AvgIpc) is 3.42. The summed E-state index contributed by atoms with van der Waals surface area (Å²) >= 11 is 2.61. The summed E-state index contributed by atoms with van der Waals surface area (Å²) in [6.07, 6.45) is 3.41. The summed E-state index contributed by atoms with van der Waals surface area (Å²) in [4.78, 5) is 33.6. The van der Waals surface area contributed by atoms with E-state index in [0.717, 1.165) is 33.1 Å². The summed E-state index contributed by atoms with van der Waals surface area (Å²) in [7, 11) is 0. The SMILES string of the molecule is Cc1cc(N=C2NC(=O)/C(=C/c3ccc(Sc4cccc5cccnc45)o3)S2)cc([N+](=O)[O-])c1C. The summed E-state index contributed by atoms with van der Waals surface area (Å²) in [5, 5.41) is 16.1. The number of nitro benzene ring substituents is 1. The van der Waals surface area contributed by atoms with Gasteiger partial charge in [0.15, 0.2) is 10.3 Å². The standard InChI is InChI=1S/C25H18N4O4S2/c1-14-11-17(12-19(15(14)2)29(31)32)27-25-28-24(30)21(35-25)13-18-8-9-22(33-18)34-20-7-3-5-16-6-4-10-26-23(16)20/h3-13H,1-2H3,(H,27,28,30)/b21-13-. The highest BCUT2D eigenvalue weighted by Gasteiger charge is 2.25. The minimum absolute atomic E-state index is 0.00329. The van der Waals surface area contributed by atoms with Crippen LogP contribution in [0.3, 0.4) is 0 Å². The zero-order valence-corrected chi connectivity index (χ0v) is 20.3. The number of nitrogens with one attached hydrogen (secondary N) is 1. The highest BCUT2D eigenvalue weighted by molar-refractivity contribution is 8.18. The van der Waals surface area contributed by atoms with Gasteiger partial charge >= 0.3 is 0 Å². The van der Waals surface area contributed by atoms with E-state index in [-0.39, 0.29) is 11.6 Å². The summed E-state index contributed by atoms with van der Waals surface area (Å²) in [6.45, 7) is 3.49. The fourth-order valence-electron chi connectivity index (χ4n) is 3.54. The quantitative estimate of drug-likeness (QED) is 0.191. The molecule has 0 aliphatic carbocycles. The van der Waals surface area contributed by atoms with Crippen LogP contribution in [0.2, 0.25) is 0 Å². The first-order chi connectivity index (χ1) is 16.9. The van der Waals surface area contributed by atoms with Crippen LogP contribution in [0.15, 0.2) is 85.1 Å². The van der Waals surface area contributed by atoms with E-state index in [1.807, 2.05) is 36.4 Å². The molecule has 0 spiro atoms. The Hall–Kier alpha value is -3.89. The normalized spacial score (nSPS) is 15.8. The monoisotopic (exact) mass is 502 g/mol. The van der Waals surface area contributed by atoms with E-state index in [9.17, 15) is 14.9 Å². The molecule has 10 heteroatoms. The van der Waals surface area contributed by atoms with Crippen LogP contribution in [0.25, 0.3) is 17.0 Å². The van der Waals surface area contributed by atoms with Crippen LogP contribution in [-0.2, 0) is 4.79 Å². The van der Waals surface area contributed by atoms with E-state index in [0.29, 0.717) is 32.2 Å². The number of carbonyl (C=O) groups is 1. The molecule has 1 aliphatic rings. The van der Waals surface area contributed by atoms with Gasteiger partial charge in [0.2, 0.25) is 0 Å². The number of thioether (sulfide) groups is 1. The van der Waals surface area contributed by atoms with Crippen molar-refractivity contribution < 1.29 is 14.1 Å². The molecule has 4 aromatic rings. The molecule has 0 atom stereocenters. The molecule has 1 amide bonds. The summed E-state index contributed by atoms with van der Waals surface area (Å²) in [5.74, 6) is 0.220. The number of pyridine rings is 1. The number of hydrogen-bond acceptors (Lipinski definition) is 8. The molecule has 0 bridgehead atoms. The number of para-hydroxylation sites is 1. The highest BCUT2D eigenvalue weighted by atomic mass is 32.2. The molecule has 1 N–H and O–H groups in total. The Balaban J connectivity index is 1.35. The van der Waals surface area contributed by atoms with Gasteiger partial charge in [-0.15, -0.1) is 0 Å². The third-order valence-corrected chi connectivity index (χ3v) is 7.26. The van der Waals surface area contributed by atoms with Gasteiger partial charge in [0.1, 0.15) is 5.76 Å². The lowest BCUT2D eigenvalue weighted by Crippen LogP contribution is -2.19. The third-order valence-electron chi connectivity index (χ3n) is 5.38. The van der Waals surface area contributed by atoms with Crippen LogP contribution < -0.4 is 5.32 Å². The number of furan rings is 1. The van der Waals surface area contributed by atoms with Gasteiger partial charge in [-0.3, -0.25) is 19.9 Å². The number of nitrogens with zero attached hydrogens (tertiary/aromatic N) is 3. The van der Waals surface area contributed by atoms with Crippen LogP contribution >= 0.6 is 23.5 Å². The second-order valence-corrected chi connectivity index (χ2v) is 9.81. The molecule has 0 unspecified atom stereocenters. The molecule has 1 fully saturated rings. The Morgan fingerprint density at radius 3 is 2.83 bits per heavy atom. The lowest BCUT2D eigenvalue weighted by atomic mass is 10.1. The fraction of sp³-hybridized carbons (Fsp3) is 0.0800. The Morgan fingerprint density at radius 2 is 2.00 bits per heavy atom. The number of benzene rings is 2. The number of aliphatic imine (C=N–C) groups is 1. The van der Waals surface area contributed by atoms with Gasteiger partial charge in [-0.25, -0.2) is 4.99 Å². The Bertz CT molecular complexity index is 1550. The molecule has 0 saturated carbocycles. The van der Waals surface area contributed by atoms with Crippen LogP contribution in [-0.4, -0.2) is 21.0 Å². The zero-order chi connectivity index (χ0) is 24.5. The molecule has 2 aromatic carbocycles. The van der Waals surface area contributed by atoms with Crippen molar-refractivity contribution in [3.8, 4) is 0 Å². The van der Waals surface area contributed by atoms with Gasteiger partial charge in [-0.2, -0.15) is 0 Å². The highest BCUT2D eigenvalue weighted by Crippen LogP contribution is 2.35. The number of amidine groups is 1. The van der Waals surface area contributed by atoms with Gasteiger partial charge in [0, 0.05) is 34.2 Å². The molecule has 2 aromatic heterocycles. The van der Waals surface area contributed by atoms with Gasteiger partial charge in [0.05, 0.1) is 21.0 Å². The van der Waals surface area contributed by atoms with Gasteiger partial charge in [0.25, 0.3) is 11.6 Å². The second-order valence-electron chi connectivity index (χ2n) is 7.74. The fourth-order valence-corrected chi connectivity index (χ4v) is 5.26. The van der Waals surface area contributed by atoms with Crippen molar-refractivity contribution in [1.29, 1.82) is 0 Å². The lowest BCUT2D eigenvalue weighted by molar-refractivity contribution is -0.385. The third kappa shape index (κ3) is 4.84. The first-order valence-electron chi connectivity index (χ1n) is 10.5. The minimum Gasteiger partial charge on any atom is -0.450 e. The van der Waals surface area contributed by atoms with E-state index >= 15 is 0 Å². The number of amides is 1. The molecule has 1 aliphatic heterocycles. The van der Waals surface area contributed by atoms with Gasteiger partial charge < -0.3 is 9.73 Å². The van der Waals surface area contributed by atoms with E-state index in [2.05, 4.69) is 15.3 Å². The maximum atomic E-state index is 12.5. The first-order valence-corrected chi connectivity index (χ1v) is 12.2. The van der Waals surface area contributed by atoms with Crippen molar-refractivity contribution in [3.05, 3.63) is 92.7 Å².